The topological polar surface area (TPSA) is 117 Å². The molecule has 0 radical (unpaired) electrons. The highest BCUT2D eigenvalue weighted by Gasteiger charge is 2.30. The lowest BCUT2D eigenvalue weighted by Gasteiger charge is -2.03. The SMILES string of the molecule is N#Cc1cc(C(=O)O)nc(C(F)F)c1[N+](=O)[O-]. The number of nitriles is 1. The van der Waals surface area contributed by atoms with E-state index in [1.54, 1.807) is 0 Å². The number of nitrogens with zero attached hydrogens (tertiary/aromatic N) is 3. The first-order valence-electron chi connectivity index (χ1n) is 3.99. The summed E-state index contributed by atoms with van der Waals surface area (Å²) in [5.41, 5.74) is -4.11. The van der Waals surface area contributed by atoms with E-state index in [4.69, 9.17) is 10.4 Å². The molecule has 1 aromatic heterocycles. The maximum absolute atomic E-state index is 12.5. The number of aromatic nitrogens is 1. The monoisotopic (exact) mass is 243 g/mol. The lowest BCUT2D eigenvalue weighted by molar-refractivity contribution is -0.386. The zero-order valence-corrected chi connectivity index (χ0v) is 7.92. The molecule has 0 atom stereocenters. The van der Waals surface area contributed by atoms with Crippen molar-refractivity contribution in [2.24, 2.45) is 0 Å². The van der Waals surface area contributed by atoms with E-state index < -0.39 is 40.0 Å². The zero-order chi connectivity index (χ0) is 13.2. The molecule has 0 unspecified atom stereocenters. The number of halogens is 2. The van der Waals surface area contributed by atoms with Crippen molar-refractivity contribution in [3.63, 3.8) is 0 Å². The number of pyridine rings is 1. The van der Waals surface area contributed by atoms with Crippen LogP contribution in [0.3, 0.4) is 0 Å². The Morgan fingerprint density at radius 2 is 2.24 bits per heavy atom. The fourth-order valence-corrected chi connectivity index (χ4v) is 1.10. The third kappa shape index (κ3) is 2.31. The second kappa shape index (κ2) is 4.48. The Labute approximate surface area is 92.1 Å². The summed E-state index contributed by atoms with van der Waals surface area (Å²) in [6.07, 6.45) is -3.35. The Morgan fingerprint density at radius 1 is 1.65 bits per heavy atom. The number of hydrogen-bond acceptors (Lipinski definition) is 5. The second-order valence-electron chi connectivity index (χ2n) is 2.76. The number of rotatable bonds is 3. The van der Waals surface area contributed by atoms with E-state index in [2.05, 4.69) is 4.98 Å². The maximum Gasteiger partial charge on any atom is 0.354 e. The zero-order valence-electron chi connectivity index (χ0n) is 7.92. The van der Waals surface area contributed by atoms with Crippen molar-refractivity contribution in [3.8, 4) is 6.07 Å². The fourth-order valence-electron chi connectivity index (χ4n) is 1.10. The molecule has 0 spiro atoms. The van der Waals surface area contributed by atoms with Crippen LogP contribution in [-0.2, 0) is 0 Å². The maximum atomic E-state index is 12.5. The van der Waals surface area contributed by atoms with Crippen molar-refractivity contribution in [3.05, 3.63) is 33.1 Å². The van der Waals surface area contributed by atoms with Gasteiger partial charge in [-0.05, 0) is 6.07 Å². The standard InChI is InChI=1S/C8H3F2N3O4/c9-7(10)5-6(13(16)17)3(2-11)1-4(12-5)8(14)15/h1,7H,(H,14,15). The van der Waals surface area contributed by atoms with Gasteiger partial charge in [0.1, 0.15) is 11.6 Å². The van der Waals surface area contributed by atoms with E-state index in [1.807, 2.05) is 0 Å². The molecule has 1 N–H and O–H groups in total. The Kier molecular flexibility index (Phi) is 3.28. The number of nitro groups is 1. The quantitative estimate of drug-likeness (QED) is 0.634. The fraction of sp³-hybridized carbons (Fsp3) is 0.125. The van der Waals surface area contributed by atoms with Gasteiger partial charge in [0.05, 0.1) is 4.92 Å². The number of hydrogen-bond donors (Lipinski definition) is 1. The first kappa shape index (κ1) is 12.4. The van der Waals surface area contributed by atoms with Crippen LogP contribution in [0.5, 0.6) is 0 Å². The normalized spacial score (nSPS) is 10.0. The Hall–Kier alpha value is -2.63. The van der Waals surface area contributed by atoms with Crippen LogP contribution in [-0.4, -0.2) is 21.0 Å². The molecule has 1 rings (SSSR count). The van der Waals surface area contributed by atoms with Crippen LogP contribution >= 0.6 is 0 Å². The molecule has 0 aliphatic rings. The summed E-state index contributed by atoms with van der Waals surface area (Å²) >= 11 is 0. The molecule has 0 aliphatic carbocycles. The van der Waals surface area contributed by atoms with Crippen LogP contribution in [0.1, 0.15) is 28.2 Å². The van der Waals surface area contributed by atoms with Crippen LogP contribution in [0, 0.1) is 21.4 Å². The van der Waals surface area contributed by atoms with Crippen LogP contribution < -0.4 is 0 Å². The van der Waals surface area contributed by atoms with E-state index in [9.17, 15) is 23.7 Å². The van der Waals surface area contributed by atoms with Crippen LogP contribution in [0.4, 0.5) is 14.5 Å². The minimum Gasteiger partial charge on any atom is -0.477 e. The van der Waals surface area contributed by atoms with Gasteiger partial charge in [-0.25, -0.2) is 18.6 Å². The predicted octanol–water partition coefficient (Wildman–Crippen LogP) is 1.50. The smallest absolute Gasteiger partial charge is 0.354 e. The Morgan fingerprint density at radius 3 is 2.59 bits per heavy atom. The first-order valence-corrected chi connectivity index (χ1v) is 3.99. The molecule has 0 bridgehead atoms. The van der Waals surface area contributed by atoms with Crippen LogP contribution in [0.15, 0.2) is 6.07 Å². The average Bonchev–Trinajstić information content (AvgIpc) is 2.26. The minimum absolute atomic E-state index is 0.576. The molecule has 0 fully saturated rings. The van der Waals surface area contributed by atoms with Gasteiger partial charge in [-0.1, -0.05) is 0 Å². The number of alkyl halides is 2. The number of carboxylic acids is 1. The van der Waals surface area contributed by atoms with Gasteiger partial charge in [0.15, 0.2) is 11.4 Å². The number of carbonyl (C=O) groups is 1. The number of aromatic carboxylic acids is 1. The molecule has 0 saturated carbocycles. The third-order valence-corrected chi connectivity index (χ3v) is 1.75. The van der Waals surface area contributed by atoms with Crippen LogP contribution in [0.25, 0.3) is 0 Å². The van der Waals surface area contributed by atoms with E-state index in [1.165, 1.54) is 6.07 Å². The first-order chi connectivity index (χ1) is 7.88. The summed E-state index contributed by atoms with van der Waals surface area (Å²) in [7, 11) is 0. The predicted molar refractivity (Wildman–Crippen MR) is 47.5 cm³/mol. The molecule has 0 saturated heterocycles. The van der Waals surface area contributed by atoms with E-state index in [0.29, 0.717) is 6.07 Å². The molecule has 0 amide bonds. The van der Waals surface area contributed by atoms with Crippen molar-refractivity contribution in [1.82, 2.24) is 4.98 Å². The van der Waals surface area contributed by atoms with Crippen molar-refractivity contribution in [2.75, 3.05) is 0 Å². The molecule has 0 aromatic carbocycles. The number of carboxylic acid groups (broad SMARTS) is 1. The molecule has 0 aliphatic heterocycles. The van der Waals surface area contributed by atoms with Gasteiger partial charge in [0.2, 0.25) is 0 Å². The van der Waals surface area contributed by atoms with Crippen molar-refractivity contribution in [2.45, 2.75) is 6.43 Å². The summed E-state index contributed by atoms with van der Waals surface area (Å²) in [6, 6.07) is 1.86. The van der Waals surface area contributed by atoms with Gasteiger partial charge in [-0.2, -0.15) is 5.26 Å². The molecule has 88 valence electrons. The Bertz CT molecular complexity index is 538. The molecule has 1 heterocycles. The van der Waals surface area contributed by atoms with E-state index in [-0.39, 0.29) is 0 Å². The van der Waals surface area contributed by atoms with E-state index in [0.717, 1.165) is 0 Å². The van der Waals surface area contributed by atoms with Crippen molar-refractivity contribution < 1.29 is 23.6 Å². The van der Waals surface area contributed by atoms with Crippen molar-refractivity contribution in [1.29, 1.82) is 5.26 Å². The van der Waals surface area contributed by atoms with Crippen molar-refractivity contribution >= 4 is 11.7 Å². The highest BCUT2D eigenvalue weighted by atomic mass is 19.3. The van der Waals surface area contributed by atoms with Gasteiger partial charge in [-0.15, -0.1) is 0 Å². The summed E-state index contributed by atoms with van der Waals surface area (Å²) in [4.78, 5) is 22.8. The lowest BCUT2D eigenvalue weighted by atomic mass is 10.1. The Balaban J connectivity index is 3.65. The largest absolute Gasteiger partial charge is 0.477 e. The van der Waals surface area contributed by atoms with Gasteiger partial charge in [-0.3, -0.25) is 10.1 Å². The van der Waals surface area contributed by atoms with E-state index >= 15 is 0 Å². The van der Waals surface area contributed by atoms with Gasteiger partial charge >= 0.3 is 11.7 Å². The van der Waals surface area contributed by atoms with Gasteiger partial charge in [0.25, 0.3) is 6.43 Å². The van der Waals surface area contributed by atoms with Gasteiger partial charge < -0.3 is 5.11 Å². The third-order valence-electron chi connectivity index (χ3n) is 1.75. The second-order valence-corrected chi connectivity index (χ2v) is 2.76. The molecular formula is C8H3F2N3O4. The molecule has 7 nitrogen and oxygen atoms in total. The highest BCUT2D eigenvalue weighted by molar-refractivity contribution is 5.86. The molecule has 17 heavy (non-hydrogen) atoms. The summed E-state index contributed by atoms with van der Waals surface area (Å²) in [6.45, 7) is 0. The molecule has 1 aromatic rings. The minimum atomic E-state index is -3.35. The van der Waals surface area contributed by atoms with Gasteiger partial charge in [0, 0.05) is 0 Å². The van der Waals surface area contributed by atoms with Crippen LogP contribution in [0.2, 0.25) is 0 Å². The highest BCUT2D eigenvalue weighted by Crippen LogP contribution is 2.30. The average molecular weight is 243 g/mol. The lowest BCUT2D eigenvalue weighted by Crippen LogP contribution is -2.08. The summed E-state index contributed by atoms with van der Waals surface area (Å²) in [5, 5.41) is 27.6. The summed E-state index contributed by atoms with van der Waals surface area (Å²) in [5.74, 6) is -1.65. The molecular weight excluding hydrogens is 240 g/mol. The molecule has 9 heteroatoms. The summed E-state index contributed by atoms with van der Waals surface area (Å²) < 4.78 is 25.0.